The van der Waals surface area contributed by atoms with E-state index in [-0.39, 0.29) is 18.4 Å². The first-order valence-electron chi connectivity index (χ1n) is 4.45. The molecule has 0 aliphatic heterocycles. The second-order valence-electron chi connectivity index (χ2n) is 3.24. The highest BCUT2D eigenvalue weighted by Gasteiger charge is 2.10. The lowest BCUT2D eigenvalue weighted by atomic mass is 10.2. The van der Waals surface area contributed by atoms with Crippen molar-refractivity contribution in [2.75, 3.05) is 6.61 Å². The van der Waals surface area contributed by atoms with Crippen molar-refractivity contribution in [3.8, 4) is 5.88 Å². The van der Waals surface area contributed by atoms with Crippen molar-refractivity contribution >= 4 is 5.91 Å². The molecule has 1 unspecified atom stereocenters. The van der Waals surface area contributed by atoms with Crippen LogP contribution in [0.1, 0.15) is 12.5 Å². The minimum atomic E-state index is -0.362. The van der Waals surface area contributed by atoms with Crippen molar-refractivity contribution in [3.63, 3.8) is 0 Å². The highest BCUT2D eigenvalue weighted by atomic mass is 16.5. The molecule has 76 valence electrons. The zero-order valence-corrected chi connectivity index (χ0v) is 8.36. The first-order valence-corrected chi connectivity index (χ1v) is 4.45. The predicted octanol–water partition coefficient (Wildman–Crippen LogP) is 0.890. The molecule has 1 rings (SSSR count). The Hall–Kier alpha value is -1.58. The van der Waals surface area contributed by atoms with Crippen molar-refractivity contribution < 1.29 is 9.53 Å². The molecule has 0 bridgehead atoms. The molecule has 4 nitrogen and oxygen atoms in total. The first kappa shape index (κ1) is 10.5. The van der Waals surface area contributed by atoms with Crippen LogP contribution in [0.3, 0.4) is 0 Å². The van der Waals surface area contributed by atoms with Crippen LogP contribution >= 0.6 is 0 Å². The number of amides is 1. The Bertz CT molecular complexity index is 326. The second-order valence-corrected chi connectivity index (χ2v) is 3.24. The van der Waals surface area contributed by atoms with Crippen LogP contribution < -0.4 is 10.5 Å². The number of nitrogens with zero attached hydrogens (tertiary/aromatic N) is 1. The molecule has 0 fully saturated rings. The Labute approximate surface area is 83.1 Å². The Kier molecular flexibility index (Phi) is 3.45. The number of carbonyl (C=O) groups excluding carboxylic acids is 1. The van der Waals surface area contributed by atoms with E-state index in [1.165, 1.54) is 0 Å². The summed E-state index contributed by atoms with van der Waals surface area (Å²) in [5.41, 5.74) is 6.05. The number of aromatic nitrogens is 1. The third-order valence-electron chi connectivity index (χ3n) is 1.92. The van der Waals surface area contributed by atoms with Crippen LogP contribution in [-0.4, -0.2) is 17.5 Å². The molecule has 0 saturated carbocycles. The smallest absolute Gasteiger partial charge is 0.223 e. The Morgan fingerprint density at radius 3 is 3.00 bits per heavy atom. The van der Waals surface area contributed by atoms with Crippen LogP contribution in [0.15, 0.2) is 18.3 Å². The number of ether oxygens (including phenoxy) is 1. The second kappa shape index (κ2) is 4.60. The van der Waals surface area contributed by atoms with Crippen molar-refractivity contribution in [1.82, 2.24) is 4.98 Å². The third-order valence-corrected chi connectivity index (χ3v) is 1.92. The molecule has 0 aliphatic carbocycles. The van der Waals surface area contributed by atoms with Gasteiger partial charge in [-0.3, -0.25) is 4.79 Å². The van der Waals surface area contributed by atoms with E-state index >= 15 is 0 Å². The first-order chi connectivity index (χ1) is 6.61. The molecule has 0 spiro atoms. The van der Waals surface area contributed by atoms with E-state index in [4.69, 9.17) is 10.5 Å². The van der Waals surface area contributed by atoms with Crippen LogP contribution in [0.5, 0.6) is 5.88 Å². The minimum absolute atomic E-state index is 0.271. The highest BCUT2D eigenvalue weighted by molar-refractivity contribution is 5.76. The van der Waals surface area contributed by atoms with E-state index < -0.39 is 0 Å². The van der Waals surface area contributed by atoms with Crippen LogP contribution in [0.2, 0.25) is 0 Å². The maximum atomic E-state index is 10.7. The number of nitrogens with two attached hydrogens (primary N) is 1. The number of rotatable bonds is 4. The van der Waals surface area contributed by atoms with Gasteiger partial charge in [0.25, 0.3) is 0 Å². The standard InChI is InChI=1S/C10H14N2O2/c1-7-4-3-5-12-10(7)14-6-8(2)9(11)13/h3-5,8H,6H2,1-2H3,(H2,11,13). The number of hydrogen-bond donors (Lipinski definition) is 1. The van der Waals surface area contributed by atoms with Crippen molar-refractivity contribution in [3.05, 3.63) is 23.9 Å². The molecule has 14 heavy (non-hydrogen) atoms. The van der Waals surface area contributed by atoms with Crippen LogP contribution in [0.4, 0.5) is 0 Å². The fourth-order valence-electron chi connectivity index (χ4n) is 0.908. The topological polar surface area (TPSA) is 65.2 Å². The molecule has 0 radical (unpaired) electrons. The fourth-order valence-corrected chi connectivity index (χ4v) is 0.908. The average Bonchev–Trinajstić information content (AvgIpc) is 2.16. The van der Waals surface area contributed by atoms with E-state index in [1.54, 1.807) is 13.1 Å². The Morgan fingerprint density at radius 1 is 1.71 bits per heavy atom. The van der Waals surface area contributed by atoms with Gasteiger partial charge in [0.1, 0.15) is 6.61 Å². The Morgan fingerprint density at radius 2 is 2.43 bits per heavy atom. The summed E-state index contributed by atoms with van der Waals surface area (Å²) in [5.74, 6) is -0.101. The maximum Gasteiger partial charge on any atom is 0.223 e. The molecular formula is C10H14N2O2. The van der Waals surface area contributed by atoms with Gasteiger partial charge >= 0.3 is 0 Å². The molecule has 1 aromatic heterocycles. The van der Waals surface area contributed by atoms with Gasteiger partial charge in [-0.2, -0.15) is 0 Å². The summed E-state index contributed by atoms with van der Waals surface area (Å²) in [6.07, 6.45) is 1.65. The minimum Gasteiger partial charge on any atom is -0.477 e. The van der Waals surface area contributed by atoms with Gasteiger partial charge < -0.3 is 10.5 Å². The summed E-state index contributed by atoms with van der Waals surface area (Å²) in [5, 5.41) is 0. The number of primary amides is 1. The highest BCUT2D eigenvalue weighted by Crippen LogP contribution is 2.12. The number of carbonyl (C=O) groups is 1. The number of aryl methyl sites for hydroxylation is 1. The average molecular weight is 194 g/mol. The van der Waals surface area contributed by atoms with E-state index in [2.05, 4.69) is 4.98 Å². The van der Waals surface area contributed by atoms with E-state index in [9.17, 15) is 4.79 Å². The zero-order chi connectivity index (χ0) is 10.6. The van der Waals surface area contributed by atoms with E-state index in [1.807, 2.05) is 19.1 Å². The van der Waals surface area contributed by atoms with Crippen LogP contribution in [-0.2, 0) is 4.79 Å². The van der Waals surface area contributed by atoms with Crippen molar-refractivity contribution in [2.24, 2.45) is 11.7 Å². The van der Waals surface area contributed by atoms with Crippen LogP contribution in [0.25, 0.3) is 0 Å². The molecule has 1 atom stereocenters. The summed E-state index contributed by atoms with van der Waals surface area (Å²) < 4.78 is 5.35. The number of pyridine rings is 1. The fraction of sp³-hybridized carbons (Fsp3) is 0.400. The summed E-state index contributed by atoms with van der Waals surface area (Å²) in [6, 6.07) is 3.73. The molecule has 0 saturated heterocycles. The van der Waals surface area contributed by atoms with E-state index in [0.29, 0.717) is 5.88 Å². The quantitative estimate of drug-likeness (QED) is 0.774. The monoisotopic (exact) mass is 194 g/mol. The van der Waals surface area contributed by atoms with Crippen molar-refractivity contribution in [1.29, 1.82) is 0 Å². The Balaban J connectivity index is 2.54. The van der Waals surface area contributed by atoms with Crippen LogP contribution in [0, 0.1) is 12.8 Å². The summed E-state index contributed by atoms with van der Waals surface area (Å²) >= 11 is 0. The van der Waals surface area contributed by atoms with E-state index in [0.717, 1.165) is 5.56 Å². The molecule has 2 N–H and O–H groups in total. The van der Waals surface area contributed by atoms with Crippen molar-refractivity contribution in [2.45, 2.75) is 13.8 Å². The molecular weight excluding hydrogens is 180 g/mol. The maximum absolute atomic E-state index is 10.7. The molecule has 1 amide bonds. The zero-order valence-electron chi connectivity index (χ0n) is 8.36. The molecule has 4 heteroatoms. The molecule has 1 heterocycles. The number of hydrogen-bond acceptors (Lipinski definition) is 3. The SMILES string of the molecule is Cc1cccnc1OCC(C)C(N)=O. The van der Waals surface area contributed by atoms with Gasteiger partial charge in [-0.15, -0.1) is 0 Å². The summed E-state index contributed by atoms with van der Waals surface area (Å²) in [7, 11) is 0. The van der Waals surface area contributed by atoms with Gasteiger partial charge in [0.15, 0.2) is 0 Å². The van der Waals surface area contributed by atoms with Gasteiger partial charge in [-0.05, 0) is 13.0 Å². The molecule has 1 aromatic rings. The van der Waals surface area contributed by atoms with Gasteiger partial charge in [0.2, 0.25) is 11.8 Å². The van der Waals surface area contributed by atoms with Gasteiger partial charge in [-0.25, -0.2) is 4.98 Å². The predicted molar refractivity (Wildman–Crippen MR) is 52.8 cm³/mol. The lowest BCUT2D eigenvalue weighted by Gasteiger charge is -2.10. The van der Waals surface area contributed by atoms with Gasteiger partial charge in [0, 0.05) is 11.8 Å². The lowest BCUT2D eigenvalue weighted by molar-refractivity contribution is -0.122. The summed E-state index contributed by atoms with van der Waals surface area (Å²) in [6.45, 7) is 3.89. The third kappa shape index (κ3) is 2.73. The summed E-state index contributed by atoms with van der Waals surface area (Å²) in [4.78, 5) is 14.8. The molecule has 0 aliphatic rings. The van der Waals surface area contributed by atoms with Gasteiger partial charge in [0.05, 0.1) is 5.92 Å². The lowest BCUT2D eigenvalue weighted by Crippen LogP contribution is -2.26. The largest absolute Gasteiger partial charge is 0.477 e. The normalized spacial score (nSPS) is 12.1. The molecule has 0 aromatic carbocycles. The van der Waals surface area contributed by atoms with Gasteiger partial charge in [-0.1, -0.05) is 13.0 Å².